The monoisotopic (exact) mass is 204 g/mol. The van der Waals surface area contributed by atoms with Crippen LogP contribution in [0.25, 0.3) is 6.20 Å². The van der Waals surface area contributed by atoms with Gasteiger partial charge in [0.05, 0.1) is 0 Å². The highest BCUT2D eigenvalue weighted by atomic mass is 32.3. The molecule has 0 spiro atoms. The first-order valence-electron chi connectivity index (χ1n) is 3.21. The van der Waals surface area contributed by atoms with E-state index in [9.17, 15) is 0 Å². The standard InChI is InChI=1S/C7H8N.H2O4S/c1-2-8-6-4-3-5-7-8;1-5(2,3)4/h2-7H,1H2;(H2,1,2,3,4)/q+1;. The zero-order chi connectivity index (χ0) is 10.3. The van der Waals surface area contributed by atoms with E-state index in [0.29, 0.717) is 0 Å². The van der Waals surface area contributed by atoms with E-state index < -0.39 is 10.4 Å². The van der Waals surface area contributed by atoms with Crippen molar-refractivity contribution in [2.24, 2.45) is 0 Å². The van der Waals surface area contributed by atoms with Crippen LogP contribution in [0.15, 0.2) is 37.2 Å². The van der Waals surface area contributed by atoms with Crippen molar-refractivity contribution >= 4 is 16.6 Å². The van der Waals surface area contributed by atoms with Gasteiger partial charge in [0.25, 0.3) is 0 Å². The number of hydrogen-bond acceptors (Lipinski definition) is 2. The van der Waals surface area contributed by atoms with Crippen LogP contribution < -0.4 is 4.57 Å². The van der Waals surface area contributed by atoms with Crippen LogP contribution in [0.3, 0.4) is 0 Å². The van der Waals surface area contributed by atoms with Crippen LogP contribution in [-0.2, 0) is 10.4 Å². The summed E-state index contributed by atoms with van der Waals surface area (Å²) in [5.41, 5.74) is 0. The maximum atomic E-state index is 8.74. The minimum atomic E-state index is -4.67. The first-order valence-corrected chi connectivity index (χ1v) is 4.61. The summed E-state index contributed by atoms with van der Waals surface area (Å²) in [6.07, 6.45) is 5.62. The van der Waals surface area contributed by atoms with Gasteiger partial charge in [0.1, 0.15) is 0 Å². The Labute approximate surface area is 76.5 Å². The van der Waals surface area contributed by atoms with Gasteiger partial charge in [-0.05, 0) is 6.58 Å². The minimum absolute atomic E-state index is 1.75. The highest BCUT2D eigenvalue weighted by Gasteiger charge is 1.84. The molecule has 72 valence electrons. The highest BCUT2D eigenvalue weighted by molar-refractivity contribution is 7.79. The van der Waals surface area contributed by atoms with E-state index in [1.165, 1.54) is 0 Å². The molecule has 0 aromatic carbocycles. The van der Waals surface area contributed by atoms with Crippen LogP contribution in [0.4, 0.5) is 0 Å². The smallest absolute Gasteiger partial charge is 0.264 e. The Balaban J connectivity index is 0.000000252. The molecule has 6 heteroatoms. The van der Waals surface area contributed by atoms with Crippen LogP contribution in [0.2, 0.25) is 0 Å². The predicted molar refractivity (Wildman–Crippen MR) is 47.2 cm³/mol. The summed E-state index contributed by atoms with van der Waals surface area (Å²) >= 11 is 0. The van der Waals surface area contributed by atoms with Crippen molar-refractivity contribution in [3.05, 3.63) is 37.2 Å². The van der Waals surface area contributed by atoms with Crippen molar-refractivity contribution in [1.82, 2.24) is 0 Å². The van der Waals surface area contributed by atoms with E-state index in [1.807, 2.05) is 35.2 Å². The van der Waals surface area contributed by atoms with Crippen molar-refractivity contribution in [1.29, 1.82) is 0 Å². The summed E-state index contributed by atoms with van der Waals surface area (Å²) in [5.74, 6) is 0. The molecule has 1 aromatic heterocycles. The van der Waals surface area contributed by atoms with E-state index in [0.717, 1.165) is 0 Å². The summed E-state index contributed by atoms with van der Waals surface area (Å²) in [4.78, 5) is 0. The van der Waals surface area contributed by atoms with Gasteiger partial charge in [0.15, 0.2) is 18.6 Å². The maximum absolute atomic E-state index is 8.74. The molecular formula is C7H10NO4S+. The molecule has 2 N–H and O–H groups in total. The van der Waals surface area contributed by atoms with Crippen molar-refractivity contribution in [2.45, 2.75) is 0 Å². The largest absolute Gasteiger partial charge is 0.394 e. The van der Waals surface area contributed by atoms with Crippen molar-refractivity contribution in [3.63, 3.8) is 0 Å². The number of nitrogens with zero attached hydrogens (tertiary/aromatic N) is 1. The molecule has 0 saturated heterocycles. The number of aromatic nitrogens is 1. The lowest BCUT2D eigenvalue weighted by atomic mass is 10.5. The fourth-order valence-corrected chi connectivity index (χ4v) is 0.534. The second kappa shape index (κ2) is 5.41. The molecule has 0 aliphatic rings. The third kappa shape index (κ3) is 10.8. The van der Waals surface area contributed by atoms with Gasteiger partial charge in [0.2, 0.25) is 0 Å². The molecule has 1 heterocycles. The molecule has 0 amide bonds. The fourth-order valence-electron chi connectivity index (χ4n) is 0.534. The second-order valence-corrected chi connectivity index (χ2v) is 2.85. The van der Waals surface area contributed by atoms with Gasteiger partial charge in [-0.3, -0.25) is 9.11 Å². The Morgan fingerprint density at radius 3 is 1.77 bits per heavy atom. The Hall–Kier alpha value is -1.24. The van der Waals surface area contributed by atoms with E-state index in [-0.39, 0.29) is 0 Å². The molecule has 1 aromatic rings. The molecule has 0 aliphatic carbocycles. The van der Waals surface area contributed by atoms with Gasteiger partial charge in [-0.15, -0.1) is 0 Å². The molecule has 1 rings (SSSR count). The summed E-state index contributed by atoms with van der Waals surface area (Å²) in [5, 5.41) is 0. The van der Waals surface area contributed by atoms with Gasteiger partial charge in [0, 0.05) is 12.1 Å². The van der Waals surface area contributed by atoms with Crippen molar-refractivity contribution in [3.8, 4) is 0 Å². The number of hydrogen-bond donors (Lipinski definition) is 2. The van der Waals surface area contributed by atoms with Gasteiger partial charge in [-0.2, -0.15) is 13.0 Å². The summed E-state index contributed by atoms with van der Waals surface area (Å²) in [6, 6.07) is 5.89. The molecule has 13 heavy (non-hydrogen) atoms. The average Bonchev–Trinajstić information content (AvgIpc) is 2.03. The molecule has 0 fully saturated rings. The average molecular weight is 204 g/mol. The lowest BCUT2D eigenvalue weighted by Crippen LogP contribution is -2.22. The van der Waals surface area contributed by atoms with Crippen molar-refractivity contribution in [2.75, 3.05) is 0 Å². The SMILES string of the molecule is C=C[n+]1ccccc1.O=S(=O)(O)O. The van der Waals surface area contributed by atoms with Crippen molar-refractivity contribution < 1.29 is 22.1 Å². The summed E-state index contributed by atoms with van der Waals surface area (Å²) < 4.78 is 33.5. The lowest BCUT2D eigenvalue weighted by molar-refractivity contribution is -0.567. The van der Waals surface area contributed by atoms with Crippen LogP contribution >= 0.6 is 0 Å². The fraction of sp³-hybridized carbons (Fsp3) is 0. The summed E-state index contributed by atoms with van der Waals surface area (Å²) in [6.45, 7) is 3.59. The third-order valence-corrected chi connectivity index (χ3v) is 0.949. The van der Waals surface area contributed by atoms with Gasteiger partial charge in [-0.1, -0.05) is 6.07 Å². The molecular weight excluding hydrogens is 194 g/mol. The highest BCUT2D eigenvalue weighted by Crippen LogP contribution is 1.74. The Morgan fingerprint density at radius 2 is 1.54 bits per heavy atom. The maximum Gasteiger partial charge on any atom is 0.394 e. The molecule has 0 radical (unpaired) electrons. The second-order valence-electron chi connectivity index (χ2n) is 1.95. The van der Waals surface area contributed by atoms with E-state index in [4.69, 9.17) is 17.5 Å². The lowest BCUT2D eigenvalue weighted by Gasteiger charge is -1.79. The molecule has 0 aliphatic heterocycles. The number of rotatable bonds is 1. The van der Waals surface area contributed by atoms with Crippen LogP contribution in [-0.4, -0.2) is 17.5 Å². The van der Waals surface area contributed by atoms with Gasteiger partial charge in [-0.25, -0.2) is 0 Å². The first kappa shape index (κ1) is 11.8. The van der Waals surface area contributed by atoms with E-state index >= 15 is 0 Å². The molecule has 0 unspecified atom stereocenters. The zero-order valence-electron chi connectivity index (χ0n) is 6.74. The minimum Gasteiger partial charge on any atom is -0.264 e. The van der Waals surface area contributed by atoms with Crippen LogP contribution in [0, 0.1) is 0 Å². The predicted octanol–water partition coefficient (Wildman–Crippen LogP) is 0.422. The normalized spacial score (nSPS) is 9.69. The Kier molecular flexibility index (Phi) is 4.90. The van der Waals surface area contributed by atoms with Crippen LogP contribution in [0.1, 0.15) is 0 Å². The molecule has 0 atom stereocenters. The Bertz CT molecular complexity index is 338. The molecule has 0 saturated carbocycles. The van der Waals surface area contributed by atoms with Gasteiger partial charge >= 0.3 is 10.4 Å². The third-order valence-electron chi connectivity index (χ3n) is 0.949. The molecule has 5 nitrogen and oxygen atoms in total. The summed E-state index contributed by atoms with van der Waals surface area (Å²) in [7, 11) is -4.67. The van der Waals surface area contributed by atoms with Gasteiger partial charge < -0.3 is 0 Å². The number of pyridine rings is 1. The Morgan fingerprint density at radius 1 is 1.15 bits per heavy atom. The quantitative estimate of drug-likeness (QED) is 0.513. The topological polar surface area (TPSA) is 78.5 Å². The van der Waals surface area contributed by atoms with E-state index in [2.05, 4.69) is 6.58 Å². The zero-order valence-corrected chi connectivity index (χ0v) is 7.55. The molecule has 0 bridgehead atoms. The van der Waals surface area contributed by atoms with Crippen LogP contribution in [0.5, 0.6) is 0 Å². The first-order chi connectivity index (χ1) is 5.93. The van der Waals surface area contributed by atoms with E-state index in [1.54, 1.807) is 6.20 Å².